The van der Waals surface area contributed by atoms with Gasteiger partial charge in [0.15, 0.2) is 0 Å². The molecule has 0 nitrogen and oxygen atoms in total. The zero-order valence-corrected chi connectivity index (χ0v) is 23.1. The summed E-state index contributed by atoms with van der Waals surface area (Å²) in [5, 5.41) is 0. The number of hydrogen-bond donors (Lipinski definition) is 0. The van der Waals surface area contributed by atoms with E-state index in [2.05, 4.69) is 72.1 Å². The minimum absolute atomic E-state index is 0. The minimum atomic E-state index is 0. The summed E-state index contributed by atoms with van der Waals surface area (Å²) in [6.45, 7) is 6.94. The average Bonchev–Trinajstić information content (AvgIpc) is 2.67. The van der Waals surface area contributed by atoms with Crippen molar-refractivity contribution in [3.63, 3.8) is 0 Å². The second-order valence-corrected chi connectivity index (χ2v) is 10.8. The van der Waals surface area contributed by atoms with Gasteiger partial charge < -0.3 is 0 Å². The van der Waals surface area contributed by atoms with Crippen molar-refractivity contribution in [1.82, 2.24) is 0 Å². The van der Waals surface area contributed by atoms with Crippen LogP contribution in [0, 0.1) is 51.4 Å². The van der Waals surface area contributed by atoms with Gasteiger partial charge in [0.1, 0.15) is 0 Å². The van der Waals surface area contributed by atoms with Gasteiger partial charge in [-0.1, -0.05) is 40.0 Å². The van der Waals surface area contributed by atoms with Gasteiger partial charge in [-0.2, -0.15) is 0 Å². The average molecular weight is 520 g/mol. The molecule has 0 aromatic rings. The number of hydrogen-bond acceptors (Lipinski definition) is 0. The van der Waals surface area contributed by atoms with E-state index in [-0.39, 0.29) is 19.5 Å². The molecular weight excluding hydrogens is 468 g/mol. The van der Waals surface area contributed by atoms with E-state index in [1.165, 1.54) is 89.9 Å². The quantitative estimate of drug-likeness (QED) is 0.210. The summed E-state index contributed by atoms with van der Waals surface area (Å²) in [7, 11) is 0.422. The molecule has 0 aromatic heterocycles. The van der Waals surface area contributed by atoms with Gasteiger partial charge in [-0.25, -0.2) is 0 Å². The molecule has 0 saturated heterocycles. The zero-order valence-electron chi connectivity index (χ0n) is 20.4. The third-order valence-corrected chi connectivity index (χ3v) is 8.00. The monoisotopic (exact) mass is 520 g/mol. The molecule has 30 heavy (non-hydrogen) atoms. The van der Waals surface area contributed by atoms with Crippen LogP contribution < -0.4 is 0 Å². The normalized spacial score (nSPS) is 17.6. The van der Waals surface area contributed by atoms with Crippen molar-refractivity contribution in [2.24, 2.45) is 0 Å². The molecule has 0 spiro atoms. The second-order valence-electron chi connectivity index (χ2n) is 8.10. The third kappa shape index (κ3) is 27.1. The van der Waals surface area contributed by atoms with Gasteiger partial charge in [-0.15, -0.1) is 7.92 Å². The molecule has 176 valence electrons. The van der Waals surface area contributed by atoms with Crippen molar-refractivity contribution in [2.45, 2.75) is 111 Å². The van der Waals surface area contributed by atoms with Crippen molar-refractivity contribution in [3.05, 3.63) is 51.4 Å². The Hall–Kier alpha value is 1.05. The van der Waals surface area contributed by atoms with Crippen LogP contribution in [0.25, 0.3) is 0 Å². The Labute approximate surface area is 207 Å². The Morgan fingerprint density at radius 3 is 0.800 bits per heavy atom. The first kappa shape index (κ1) is 33.2. The number of rotatable bonds is 9. The summed E-state index contributed by atoms with van der Waals surface area (Å²) in [5.74, 6) is 0. The molecule has 0 aromatic carbocycles. The van der Waals surface area contributed by atoms with Crippen molar-refractivity contribution in [1.29, 1.82) is 0 Å². The molecule has 0 bridgehead atoms. The Morgan fingerprint density at radius 2 is 0.633 bits per heavy atom. The largest absolute Gasteiger partial charge is 0.107 e. The Balaban J connectivity index is 0. The minimum Gasteiger partial charge on any atom is -0.107 e. The van der Waals surface area contributed by atoms with E-state index in [1.54, 1.807) is 18.5 Å². The SMILES string of the molecule is CCCCP(CCCC)CCCC.[CH]1[CH]CC[CH][CH]CC1.[CH]1[CH]CC[CH][CH]CC1.[Ru]. The van der Waals surface area contributed by atoms with Gasteiger partial charge in [0.05, 0.1) is 0 Å². The summed E-state index contributed by atoms with van der Waals surface area (Å²) < 4.78 is 0. The summed E-state index contributed by atoms with van der Waals surface area (Å²) in [4.78, 5) is 0. The van der Waals surface area contributed by atoms with Gasteiger partial charge in [0.25, 0.3) is 0 Å². The molecule has 0 aliphatic heterocycles. The first-order chi connectivity index (χ1) is 14.3. The van der Waals surface area contributed by atoms with E-state index >= 15 is 0 Å². The topological polar surface area (TPSA) is 0 Å². The Bertz CT molecular complexity index is 199. The maximum absolute atomic E-state index is 2.31. The molecule has 2 heteroatoms. The van der Waals surface area contributed by atoms with Crippen molar-refractivity contribution in [3.8, 4) is 0 Å². The molecule has 0 amide bonds. The molecule has 2 fully saturated rings. The van der Waals surface area contributed by atoms with Crippen molar-refractivity contribution < 1.29 is 19.5 Å². The molecule has 2 aliphatic carbocycles. The van der Waals surface area contributed by atoms with Crippen LogP contribution in [-0.2, 0) is 19.5 Å². The molecule has 2 saturated carbocycles. The van der Waals surface area contributed by atoms with Crippen LogP contribution in [0.4, 0.5) is 0 Å². The Morgan fingerprint density at radius 1 is 0.433 bits per heavy atom. The molecule has 0 atom stereocenters. The van der Waals surface area contributed by atoms with Gasteiger partial charge in [-0.05, 0) is 140 Å². The van der Waals surface area contributed by atoms with E-state index in [9.17, 15) is 0 Å². The molecule has 2 rings (SSSR count). The predicted octanol–water partition coefficient (Wildman–Crippen LogP) is 9.62. The second kappa shape index (κ2) is 30.1. The summed E-state index contributed by atoms with van der Waals surface area (Å²) in [6.07, 6.45) is 41.2. The predicted molar refractivity (Wildman–Crippen MR) is 138 cm³/mol. The van der Waals surface area contributed by atoms with Gasteiger partial charge in [0.2, 0.25) is 0 Å². The van der Waals surface area contributed by atoms with Crippen LogP contribution in [0.2, 0.25) is 0 Å². The maximum atomic E-state index is 2.31. The maximum Gasteiger partial charge on any atom is 0 e. The van der Waals surface area contributed by atoms with E-state index in [1.807, 2.05) is 0 Å². The van der Waals surface area contributed by atoms with Crippen LogP contribution in [-0.4, -0.2) is 18.5 Å². The van der Waals surface area contributed by atoms with E-state index in [4.69, 9.17) is 0 Å². The fourth-order valence-electron chi connectivity index (χ4n) is 3.19. The van der Waals surface area contributed by atoms with Crippen LogP contribution in [0.3, 0.4) is 0 Å². The summed E-state index contributed by atoms with van der Waals surface area (Å²) in [6, 6.07) is 0. The van der Waals surface area contributed by atoms with Gasteiger partial charge in [-0.3, -0.25) is 0 Å². The first-order valence-electron chi connectivity index (χ1n) is 12.7. The van der Waals surface area contributed by atoms with Crippen LogP contribution >= 0.6 is 7.92 Å². The van der Waals surface area contributed by atoms with Crippen LogP contribution in [0.1, 0.15) is 111 Å². The molecule has 0 N–H and O–H groups in total. The summed E-state index contributed by atoms with van der Waals surface area (Å²) in [5.41, 5.74) is 0. The zero-order chi connectivity index (χ0) is 21.3. The molecule has 8 radical (unpaired) electrons. The van der Waals surface area contributed by atoms with E-state index in [0.717, 1.165) is 0 Å². The van der Waals surface area contributed by atoms with Crippen LogP contribution in [0.15, 0.2) is 0 Å². The molecule has 2 aliphatic rings. The third-order valence-electron chi connectivity index (χ3n) is 5.15. The standard InChI is InChI=1S/C12H27P.2C8H12.Ru/c1-4-7-10-13(11-8-5-2)12-9-6-3;2*1-2-4-6-8-7-5-3-1;/h4-12H2,1-3H3;2*1-2,7-8H,3-6H2;. The fourth-order valence-corrected chi connectivity index (χ4v) is 6.15. The first-order valence-corrected chi connectivity index (χ1v) is 14.6. The fraction of sp³-hybridized carbons (Fsp3) is 0.714. The molecule has 0 unspecified atom stereocenters. The Kier molecular flexibility index (Phi) is 33.3. The summed E-state index contributed by atoms with van der Waals surface area (Å²) >= 11 is 0. The van der Waals surface area contributed by atoms with Crippen molar-refractivity contribution in [2.75, 3.05) is 18.5 Å². The molecular formula is C28H51PRu. The van der Waals surface area contributed by atoms with Crippen LogP contribution in [0.5, 0.6) is 0 Å². The van der Waals surface area contributed by atoms with Gasteiger partial charge >= 0.3 is 0 Å². The molecule has 0 heterocycles. The van der Waals surface area contributed by atoms with Gasteiger partial charge in [0, 0.05) is 19.5 Å². The van der Waals surface area contributed by atoms with Crippen molar-refractivity contribution >= 4 is 7.92 Å². The van der Waals surface area contributed by atoms with E-state index in [0.29, 0.717) is 7.92 Å². The smallest absolute Gasteiger partial charge is 0 e. The number of unbranched alkanes of at least 4 members (excludes halogenated alkanes) is 3. The van der Waals surface area contributed by atoms with E-state index < -0.39 is 0 Å².